The highest BCUT2D eigenvalue weighted by Crippen LogP contribution is 2.07. The van der Waals surface area contributed by atoms with Crippen LogP contribution >= 0.6 is 0 Å². The Balaban J connectivity index is 1.65. The first kappa shape index (κ1) is 18.4. The Morgan fingerprint density at radius 1 is 1.17 bits per heavy atom. The van der Waals surface area contributed by atoms with Gasteiger partial charge in [0.2, 0.25) is 11.8 Å². The van der Waals surface area contributed by atoms with Gasteiger partial charge in [-0.2, -0.15) is 0 Å². The molecule has 0 aromatic carbocycles. The number of hydrogen-bond donors (Lipinski definition) is 2. The lowest BCUT2D eigenvalue weighted by Gasteiger charge is -2.33. The molecule has 1 aliphatic heterocycles. The summed E-state index contributed by atoms with van der Waals surface area (Å²) in [6.07, 6.45) is 0. The smallest absolute Gasteiger partial charge is 0.239 e. The van der Waals surface area contributed by atoms with Crippen molar-refractivity contribution in [2.75, 3.05) is 51.1 Å². The maximum atomic E-state index is 12.0. The number of amides is 2. The van der Waals surface area contributed by atoms with Crippen LogP contribution in [-0.4, -0.2) is 72.6 Å². The van der Waals surface area contributed by atoms with Crippen molar-refractivity contribution in [3.8, 4) is 0 Å². The van der Waals surface area contributed by atoms with E-state index in [0.29, 0.717) is 37.1 Å². The third-order valence-electron chi connectivity index (χ3n) is 3.80. The summed E-state index contributed by atoms with van der Waals surface area (Å²) in [6.45, 7) is 10.5. The van der Waals surface area contributed by atoms with Crippen molar-refractivity contribution in [1.82, 2.24) is 20.3 Å². The number of aromatic nitrogens is 1. The molecule has 1 saturated heterocycles. The van der Waals surface area contributed by atoms with Gasteiger partial charge in [0.05, 0.1) is 13.1 Å². The predicted molar refractivity (Wildman–Crippen MR) is 90.6 cm³/mol. The minimum absolute atomic E-state index is 0.0660. The van der Waals surface area contributed by atoms with E-state index in [1.54, 1.807) is 13.0 Å². The van der Waals surface area contributed by atoms with Crippen molar-refractivity contribution in [2.45, 2.75) is 20.8 Å². The summed E-state index contributed by atoms with van der Waals surface area (Å²) >= 11 is 0. The van der Waals surface area contributed by atoms with Crippen molar-refractivity contribution in [3.63, 3.8) is 0 Å². The second-order valence-electron chi connectivity index (χ2n) is 6.62. The van der Waals surface area contributed by atoms with E-state index in [1.165, 1.54) is 0 Å². The average molecular weight is 337 g/mol. The second kappa shape index (κ2) is 8.79. The van der Waals surface area contributed by atoms with Gasteiger partial charge in [-0.15, -0.1) is 0 Å². The molecule has 134 valence electrons. The number of piperazine rings is 1. The van der Waals surface area contributed by atoms with Gasteiger partial charge in [-0.25, -0.2) is 0 Å². The summed E-state index contributed by atoms with van der Waals surface area (Å²) in [5.41, 5.74) is 0. The summed E-state index contributed by atoms with van der Waals surface area (Å²) < 4.78 is 4.92. The molecule has 1 aromatic rings. The van der Waals surface area contributed by atoms with Crippen LogP contribution in [0.2, 0.25) is 0 Å². The Hall–Kier alpha value is -1.93. The predicted octanol–water partition coefficient (Wildman–Crippen LogP) is 0.311. The molecule has 0 unspecified atom stereocenters. The van der Waals surface area contributed by atoms with E-state index in [0.717, 1.165) is 26.2 Å². The largest absolute Gasteiger partial charge is 0.360 e. The van der Waals surface area contributed by atoms with Gasteiger partial charge in [0.1, 0.15) is 5.76 Å². The van der Waals surface area contributed by atoms with Crippen LogP contribution in [0.15, 0.2) is 10.6 Å². The third-order valence-corrected chi connectivity index (χ3v) is 3.80. The molecule has 8 nitrogen and oxygen atoms in total. The van der Waals surface area contributed by atoms with Crippen LogP contribution in [-0.2, 0) is 9.59 Å². The molecule has 8 heteroatoms. The standard InChI is InChI=1S/C16H27N5O3/c1-12(2)9-17-15(22)10-20-4-6-21(7-5-20)11-16(23)18-14-8-13(3)24-19-14/h8,12H,4-7,9-11H2,1-3H3,(H,17,22)(H,18,19,23). The molecule has 2 rings (SSSR count). The molecule has 0 aliphatic carbocycles. The van der Waals surface area contributed by atoms with Crippen LogP contribution in [0, 0.1) is 12.8 Å². The van der Waals surface area contributed by atoms with Gasteiger partial charge >= 0.3 is 0 Å². The SMILES string of the molecule is Cc1cc(NC(=O)CN2CCN(CC(=O)NCC(C)C)CC2)no1. The minimum Gasteiger partial charge on any atom is -0.360 e. The lowest BCUT2D eigenvalue weighted by Crippen LogP contribution is -2.51. The van der Waals surface area contributed by atoms with E-state index >= 15 is 0 Å². The first-order chi connectivity index (χ1) is 11.4. The summed E-state index contributed by atoms with van der Waals surface area (Å²) in [5.74, 6) is 1.52. The number of hydrogen-bond acceptors (Lipinski definition) is 6. The summed E-state index contributed by atoms with van der Waals surface area (Å²) in [4.78, 5) is 28.0. The van der Waals surface area contributed by atoms with E-state index in [2.05, 4.69) is 39.4 Å². The lowest BCUT2D eigenvalue weighted by molar-refractivity contribution is -0.123. The Labute approximate surface area is 142 Å². The molecule has 0 atom stereocenters. The van der Waals surface area contributed by atoms with E-state index < -0.39 is 0 Å². The van der Waals surface area contributed by atoms with Gasteiger partial charge in [0, 0.05) is 38.8 Å². The first-order valence-electron chi connectivity index (χ1n) is 8.37. The Morgan fingerprint density at radius 2 is 1.75 bits per heavy atom. The van der Waals surface area contributed by atoms with Gasteiger partial charge in [-0.1, -0.05) is 19.0 Å². The Kier molecular flexibility index (Phi) is 6.74. The fourth-order valence-electron chi connectivity index (χ4n) is 2.49. The maximum absolute atomic E-state index is 12.0. The van der Waals surface area contributed by atoms with E-state index in [1.807, 2.05) is 0 Å². The van der Waals surface area contributed by atoms with Gasteiger partial charge in [0.15, 0.2) is 5.82 Å². The zero-order chi connectivity index (χ0) is 17.5. The molecule has 2 heterocycles. The van der Waals surface area contributed by atoms with Crippen molar-refractivity contribution in [3.05, 3.63) is 11.8 Å². The molecule has 0 radical (unpaired) electrons. The molecule has 2 amide bonds. The van der Waals surface area contributed by atoms with Crippen molar-refractivity contribution >= 4 is 17.6 Å². The number of carbonyl (C=O) groups excluding carboxylic acids is 2. The second-order valence-corrected chi connectivity index (χ2v) is 6.62. The number of nitrogens with one attached hydrogen (secondary N) is 2. The van der Waals surface area contributed by atoms with Crippen LogP contribution < -0.4 is 10.6 Å². The van der Waals surface area contributed by atoms with E-state index in [4.69, 9.17) is 4.52 Å². The minimum atomic E-state index is -0.105. The molecule has 1 aliphatic rings. The fourth-order valence-corrected chi connectivity index (χ4v) is 2.49. The van der Waals surface area contributed by atoms with Crippen molar-refractivity contribution in [2.24, 2.45) is 5.92 Å². The number of rotatable bonds is 7. The number of anilines is 1. The highest BCUT2D eigenvalue weighted by Gasteiger charge is 2.20. The zero-order valence-corrected chi connectivity index (χ0v) is 14.7. The molecule has 1 aromatic heterocycles. The maximum Gasteiger partial charge on any atom is 0.239 e. The fraction of sp³-hybridized carbons (Fsp3) is 0.688. The molecular weight excluding hydrogens is 310 g/mol. The molecule has 1 fully saturated rings. The van der Waals surface area contributed by atoms with Crippen LogP contribution in [0.25, 0.3) is 0 Å². The molecule has 24 heavy (non-hydrogen) atoms. The Morgan fingerprint density at radius 3 is 2.25 bits per heavy atom. The summed E-state index contributed by atoms with van der Waals surface area (Å²) in [6, 6.07) is 1.69. The quantitative estimate of drug-likeness (QED) is 0.744. The average Bonchev–Trinajstić information content (AvgIpc) is 2.92. The third kappa shape index (κ3) is 6.29. The summed E-state index contributed by atoms with van der Waals surface area (Å²) in [5, 5.41) is 9.39. The molecule has 0 spiro atoms. The topological polar surface area (TPSA) is 90.7 Å². The highest BCUT2D eigenvalue weighted by molar-refractivity contribution is 5.91. The van der Waals surface area contributed by atoms with E-state index in [9.17, 15) is 9.59 Å². The van der Waals surface area contributed by atoms with Gasteiger partial charge in [-0.3, -0.25) is 19.4 Å². The molecule has 0 bridgehead atoms. The first-order valence-corrected chi connectivity index (χ1v) is 8.37. The number of aryl methyl sites for hydroxylation is 1. The van der Waals surface area contributed by atoms with Crippen molar-refractivity contribution in [1.29, 1.82) is 0 Å². The highest BCUT2D eigenvalue weighted by atomic mass is 16.5. The number of carbonyl (C=O) groups is 2. The molecular formula is C16H27N5O3. The van der Waals surface area contributed by atoms with Crippen LogP contribution in [0.5, 0.6) is 0 Å². The van der Waals surface area contributed by atoms with Crippen molar-refractivity contribution < 1.29 is 14.1 Å². The normalized spacial score (nSPS) is 16.3. The Bertz CT molecular complexity index is 550. The summed E-state index contributed by atoms with van der Waals surface area (Å²) in [7, 11) is 0. The molecule has 0 saturated carbocycles. The zero-order valence-electron chi connectivity index (χ0n) is 14.7. The lowest BCUT2D eigenvalue weighted by atomic mass is 10.2. The van der Waals surface area contributed by atoms with Crippen LogP contribution in [0.4, 0.5) is 5.82 Å². The number of nitrogens with zero attached hydrogens (tertiary/aromatic N) is 3. The van der Waals surface area contributed by atoms with Crippen LogP contribution in [0.3, 0.4) is 0 Å². The van der Waals surface area contributed by atoms with Gasteiger partial charge < -0.3 is 15.2 Å². The van der Waals surface area contributed by atoms with Gasteiger partial charge in [-0.05, 0) is 12.8 Å². The van der Waals surface area contributed by atoms with E-state index in [-0.39, 0.29) is 11.8 Å². The van der Waals surface area contributed by atoms with Gasteiger partial charge in [0.25, 0.3) is 0 Å². The van der Waals surface area contributed by atoms with Crippen LogP contribution in [0.1, 0.15) is 19.6 Å². The molecule has 2 N–H and O–H groups in total. The monoisotopic (exact) mass is 337 g/mol.